The minimum absolute atomic E-state index is 0.704. The third kappa shape index (κ3) is 7.27. The van der Waals surface area contributed by atoms with Gasteiger partial charge in [-0.3, -0.25) is 20.2 Å². The molecule has 0 unspecified atom stereocenters. The summed E-state index contributed by atoms with van der Waals surface area (Å²) >= 11 is 0. The highest BCUT2D eigenvalue weighted by atomic mass is 16.5. The molecule has 8 aromatic rings. The molecule has 0 bridgehead atoms. The Balaban J connectivity index is 0.000000147. The number of fused-ring (bicyclic) bond motifs is 2. The lowest BCUT2D eigenvalue weighted by molar-refractivity contribution is 0.122. The van der Waals surface area contributed by atoms with Crippen molar-refractivity contribution in [3.8, 4) is 39.7 Å². The molecule has 7 aromatic heterocycles. The minimum atomic E-state index is 0.704. The summed E-state index contributed by atoms with van der Waals surface area (Å²) in [6, 6.07) is 24.2. The van der Waals surface area contributed by atoms with Crippen LogP contribution in [0.25, 0.3) is 55.7 Å². The predicted octanol–water partition coefficient (Wildman–Crippen LogP) is 6.57. The van der Waals surface area contributed by atoms with E-state index in [4.69, 9.17) is 28.6 Å². The van der Waals surface area contributed by atoms with Crippen molar-refractivity contribution in [3.05, 3.63) is 115 Å². The number of hydrogen-bond donors (Lipinski definition) is 2. The summed E-state index contributed by atoms with van der Waals surface area (Å²) in [6.45, 7) is 6.15. The van der Waals surface area contributed by atoms with Crippen LogP contribution in [0.3, 0.4) is 0 Å². The molecular weight excluding hydrogens is 709 g/mol. The van der Waals surface area contributed by atoms with Gasteiger partial charge in [0.1, 0.15) is 45.6 Å². The van der Waals surface area contributed by atoms with Crippen LogP contribution >= 0.6 is 0 Å². The Labute approximate surface area is 322 Å². The van der Waals surface area contributed by atoms with Gasteiger partial charge in [-0.25, -0.2) is 9.97 Å². The number of aromatic amines is 2. The van der Waals surface area contributed by atoms with Gasteiger partial charge in [0, 0.05) is 68.2 Å². The highest BCUT2D eigenvalue weighted by Gasteiger charge is 2.20. The maximum Gasteiger partial charge on any atom is 0.130 e. The molecule has 2 N–H and O–H groups in total. The number of aromatic nitrogens is 8. The summed E-state index contributed by atoms with van der Waals surface area (Å²) in [5.41, 5.74) is 8.42. The zero-order valence-corrected chi connectivity index (χ0v) is 30.9. The summed E-state index contributed by atoms with van der Waals surface area (Å²) in [6.07, 6.45) is 9.51. The number of rotatable bonds is 8. The van der Waals surface area contributed by atoms with Gasteiger partial charge in [0.25, 0.3) is 0 Å². The lowest BCUT2D eigenvalue weighted by Crippen LogP contribution is -2.36. The summed E-state index contributed by atoms with van der Waals surface area (Å²) in [5, 5.41) is 16.3. The van der Waals surface area contributed by atoms with E-state index in [0.717, 1.165) is 105 Å². The van der Waals surface area contributed by atoms with E-state index in [2.05, 4.69) is 64.4 Å². The molecule has 2 fully saturated rings. The molecule has 0 saturated carbocycles. The number of morpholine rings is 2. The van der Waals surface area contributed by atoms with Crippen LogP contribution in [0.5, 0.6) is 5.75 Å². The number of anilines is 2. The maximum absolute atomic E-state index is 5.59. The normalized spacial score (nSPS) is 14.5. The Hall–Kier alpha value is -6.64. The van der Waals surface area contributed by atoms with Crippen molar-refractivity contribution in [2.24, 2.45) is 0 Å². The second-order valence-electron chi connectivity index (χ2n) is 13.4. The quantitative estimate of drug-likeness (QED) is 0.173. The topological polar surface area (TPSA) is 156 Å². The van der Waals surface area contributed by atoms with E-state index < -0.39 is 0 Å². The number of nitrogens with zero attached hydrogens (tertiary/aromatic N) is 8. The summed E-state index contributed by atoms with van der Waals surface area (Å²) in [4.78, 5) is 23.7. The Morgan fingerprint density at radius 2 is 1.25 bits per heavy atom. The van der Waals surface area contributed by atoms with Crippen LogP contribution in [0.4, 0.5) is 11.6 Å². The van der Waals surface area contributed by atoms with E-state index in [0.29, 0.717) is 32.8 Å². The van der Waals surface area contributed by atoms with Crippen LogP contribution in [0.2, 0.25) is 0 Å². The largest absolute Gasteiger partial charge is 0.497 e. The van der Waals surface area contributed by atoms with Gasteiger partial charge in [-0.2, -0.15) is 10.2 Å². The second-order valence-corrected chi connectivity index (χ2v) is 13.4. The zero-order valence-electron chi connectivity index (χ0n) is 30.9. The summed E-state index contributed by atoms with van der Waals surface area (Å²) < 4.78 is 21.9. The lowest BCUT2D eigenvalue weighted by Gasteiger charge is -2.28. The Morgan fingerprint density at radius 3 is 1.80 bits per heavy atom. The van der Waals surface area contributed by atoms with Crippen LogP contribution in [0.15, 0.2) is 108 Å². The molecule has 2 saturated heterocycles. The minimum Gasteiger partial charge on any atom is -0.497 e. The van der Waals surface area contributed by atoms with Crippen LogP contribution in [0, 0.1) is 0 Å². The number of hydrogen-bond acceptors (Lipinski definition) is 12. The summed E-state index contributed by atoms with van der Waals surface area (Å²) in [7, 11) is 1.68. The first-order valence-corrected chi connectivity index (χ1v) is 18.6. The number of methoxy groups -OCH3 is 1. The Kier molecular flexibility index (Phi) is 10.0. The van der Waals surface area contributed by atoms with Gasteiger partial charge >= 0.3 is 0 Å². The predicted molar refractivity (Wildman–Crippen MR) is 214 cm³/mol. The fraction of sp³-hybridized carbons (Fsp3) is 0.238. The van der Waals surface area contributed by atoms with Crippen molar-refractivity contribution in [2.75, 3.05) is 69.5 Å². The van der Waals surface area contributed by atoms with Crippen LogP contribution in [-0.2, 0) is 15.9 Å². The van der Waals surface area contributed by atoms with E-state index in [1.165, 1.54) is 5.56 Å². The van der Waals surface area contributed by atoms with Gasteiger partial charge in [0.15, 0.2) is 0 Å². The lowest BCUT2D eigenvalue weighted by atomic mass is 10.00. The highest BCUT2D eigenvalue weighted by Crippen LogP contribution is 2.36. The monoisotopic (exact) mass is 748 g/mol. The van der Waals surface area contributed by atoms with Crippen molar-refractivity contribution in [1.82, 2.24) is 40.3 Å². The molecule has 2 aliphatic rings. The van der Waals surface area contributed by atoms with E-state index in [9.17, 15) is 0 Å². The molecule has 0 amide bonds. The van der Waals surface area contributed by atoms with Crippen LogP contribution in [0.1, 0.15) is 11.3 Å². The number of pyridine rings is 4. The Morgan fingerprint density at radius 1 is 0.661 bits per heavy atom. The second kappa shape index (κ2) is 16.0. The number of nitrogens with one attached hydrogen (secondary N) is 2. The Bertz CT molecular complexity index is 2510. The van der Waals surface area contributed by atoms with Gasteiger partial charge in [-0.15, -0.1) is 0 Å². The van der Waals surface area contributed by atoms with Crippen LogP contribution < -0.4 is 14.5 Å². The SMILES string of the molecule is COc1ccc(-c2cc(N3CCOCC3)nc3c(-c4ccn[nH]4)nccc23)cc1.c1coc(Cc2cc(N3CCOCC3)nc3c(-c4ccn[nH]4)nccc23)c1. The molecule has 0 aliphatic carbocycles. The zero-order chi connectivity index (χ0) is 37.7. The number of H-pyrrole nitrogens is 2. The molecule has 9 heterocycles. The number of ether oxygens (including phenoxy) is 3. The fourth-order valence-corrected chi connectivity index (χ4v) is 7.18. The van der Waals surface area contributed by atoms with Gasteiger partial charge in [0.2, 0.25) is 0 Å². The van der Waals surface area contributed by atoms with E-state index in [1.54, 1.807) is 25.8 Å². The van der Waals surface area contributed by atoms with Crippen molar-refractivity contribution in [2.45, 2.75) is 6.42 Å². The molecule has 10 rings (SSSR count). The number of furan rings is 1. The molecule has 14 nitrogen and oxygen atoms in total. The standard InChI is InChI=1S/C22H21N5O2.C20H19N5O2/c1-28-16-4-2-15(3-5-16)18-14-20(27-10-12-29-13-11-27)25-21-17(18)6-8-23-22(21)19-7-9-24-26-19;1-2-15(27-9-1)12-14-13-18(25-7-10-26-11-8-25)23-19-16(14)3-5-21-20(19)17-4-6-22-24-17/h2-9,14H,10-13H2,1H3,(H,24,26);1-6,9,13H,7-8,10-12H2,(H,22,24). The first-order valence-electron chi connectivity index (χ1n) is 18.6. The molecular formula is C42H40N10O4. The van der Waals surface area contributed by atoms with Crippen LogP contribution in [-0.4, -0.2) is 100 Å². The molecule has 282 valence electrons. The molecule has 0 spiro atoms. The molecule has 56 heavy (non-hydrogen) atoms. The van der Waals surface area contributed by atoms with E-state index in [1.807, 2.05) is 60.9 Å². The van der Waals surface area contributed by atoms with E-state index in [-0.39, 0.29) is 0 Å². The highest BCUT2D eigenvalue weighted by molar-refractivity contribution is 6.01. The third-order valence-corrected chi connectivity index (χ3v) is 10.0. The number of benzene rings is 1. The maximum atomic E-state index is 5.59. The van der Waals surface area contributed by atoms with Gasteiger partial charge in [-0.05, 0) is 77.4 Å². The van der Waals surface area contributed by atoms with Gasteiger partial charge in [0.05, 0.1) is 51.2 Å². The van der Waals surface area contributed by atoms with Gasteiger partial charge in [-0.1, -0.05) is 12.1 Å². The smallest absolute Gasteiger partial charge is 0.130 e. The molecule has 0 atom stereocenters. The molecule has 1 aromatic carbocycles. The first-order chi connectivity index (χ1) is 27.7. The van der Waals surface area contributed by atoms with Crippen molar-refractivity contribution >= 4 is 33.4 Å². The fourth-order valence-electron chi connectivity index (χ4n) is 7.18. The average molecular weight is 749 g/mol. The average Bonchev–Trinajstić information content (AvgIpc) is 4.10. The van der Waals surface area contributed by atoms with Gasteiger partial charge < -0.3 is 28.4 Å². The third-order valence-electron chi connectivity index (χ3n) is 10.0. The van der Waals surface area contributed by atoms with Crippen molar-refractivity contribution in [3.63, 3.8) is 0 Å². The van der Waals surface area contributed by atoms with Crippen molar-refractivity contribution in [1.29, 1.82) is 0 Å². The van der Waals surface area contributed by atoms with E-state index >= 15 is 0 Å². The summed E-state index contributed by atoms with van der Waals surface area (Å²) in [5.74, 6) is 3.64. The first kappa shape index (κ1) is 35.1. The molecule has 0 radical (unpaired) electrons. The molecule has 14 heteroatoms. The molecule has 2 aliphatic heterocycles. The van der Waals surface area contributed by atoms with Crippen molar-refractivity contribution < 1.29 is 18.6 Å².